The van der Waals surface area contributed by atoms with Crippen molar-refractivity contribution in [3.05, 3.63) is 70.8 Å². The van der Waals surface area contributed by atoms with Crippen molar-refractivity contribution in [2.45, 2.75) is 31.8 Å². The SMILES string of the molecule is O=C(NCC(O)Cc1ccccc1)c1ccc2c(c1)CCC2. The lowest BCUT2D eigenvalue weighted by molar-refractivity contribution is 0.0916. The minimum absolute atomic E-state index is 0.109. The number of amides is 1. The van der Waals surface area contributed by atoms with Crippen LogP contribution in [0.15, 0.2) is 48.5 Å². The van der Waals surface area contributed by atoms with Crippen LogP contribution in [0.25, 0.3) is 0 Å². The first kappa shape index (κ1) is 14.8. The molecule has 0 spiro atoms. The molecule has 3 rings (SSSR count). The molecule has 0 aromatic heterocycles. The van der Waals surface area contributed by atoms with Crippen LogP contribution in [0.5, 0.6) is 0 Å². The highest BCUT2D eigenvalue weighted by atomic mass is 16.3. The summed E-state index contributed by atoms with van der Waals surface area (Å²) in [6.07, 6.45) is 3.34. The van der Waals surface area contributed by atoms with E-state index in [-0.39, 0.29) is 12.5 Å². The second-order valence-corrected chi connectivity index (χ2v) is 5.89. The smallest absolute Gasteiger partial charge is 0.251 e. The number of aliphatic hydroxyl groups is 1. The molecular formula is C19H21NO2. The van der Waals surface area contributed by atoms with Crippen LogP contribution in [0.4, 0.5) is 0 Å². The summed E-state index contributed by atoms with van der Waals surface area (Å²) in [6, 6.07) is 15.7. The maximum atomic E-state index is 12.2. The number of aliphatic hydroxyl groups excluding tert-OH is 1. The molecule has 1 aliphatic carbocycles. The summed E-state index contributed by atoms with van der Waals surface area (Å²) >= 11 is 0. The van der Waals surface area contributed by atoms with Crippen LogP contribution in [0.1, 0.15) is 33.5 Å². The van der Waals surface area contributed by atoms with Crippen LogP contribution in [-0.2, 0) is 19.3 Å². The van der Waals surface area contributed by atoms with Crippen molar-refractivity contribution < 1.29 is 9.90 Å². The van der Waals surface area contributed by atoms with Crippen molar-refractivity contribution in [3.8, 4) is 0 Å². The molecule has 114 valence electrons. The summed E-state index contributed by atoms with van der Waals surface area (Å²) in [5, 5.41) is 12.9. The fourth-order valence-electron chi connectivity index (χ4n) is 2.98. The second-order valence-electron chi connectivity index (χ2n) is 5.89. The van der Waals surface area contributed by atoms with E-state index in [4.69, 9.17) is 0 Å². The van der Waals surface area contributed by atoms with Gasteiger partial charge in [0.15, 0.2) is 0 Å². The van der Waals surface area contributed by atoms with E-state index in [0.29, 0.717) is 12.0 Å². The van der Waals surface area contributed by atoms with E-state index in [9.17, 15) is 9.90 Å². The number of carbonyl (C=O) groups is 1. The van der Waals surface area contributed by atoms with Gasteiger partial charge in [-0.1, -0.05) is 36.4 Å². The average molecular weight is 295 g/mol. The molecule has 1 aliphatic rings. The van der Waals surface area contributed by atoms with Crippen molar-refractivity contribution >= 4 is 5.91 Å². The van der Waals surface area contributed by atoms with Crippen LogP contribution < -0.4 is 5.32 Å². The van der Waals surface area contributed by atoms with Gasteiger partial charge in [0.05, 0.1) is 6.10 Å². The fourth-order valence-corrected chi connectivity index (χ4v) is 2.98. The van der Waals surface area contributed by atoms with E-state index < -0.39 is 6.10 Å². The van der Waals surface area contributed by atoms with Gasteiger partial charge >= 0.3 is 0 Å². The Morgan fingerprint density at radius 3 is 2.68 bits per heavy atom. The van der Waals surface area contributed by atoms with Gasteiger partial charge < -0.3 is 10.4 Å². The number of nitrogens with one attached hydrogen (secondary N) is 1. The van der Waals surface area contributed by atoms with Gasteiger partial charge in [0, 0.05) is 18.5 Å². The van der Waals surface area contributed by atoms with E-state index in [2.05, 4.69) is 11.4 Å². The predicted octanol–water partition coefficient (Wildman–Crippen LogP) is 2.51. The number of carbonyl (C=O) groups excluding carboxylic acids is 1. The molecule has 1 amide bonds. The fraction of sp³-hybridized carbons (Fsp3) is 0.316. The lowest BCUT2D eigenvalue weighted by Gasteiger charge is -2.12. The van der Waals surface area contributed by atoms with Gasteiger partial charge in [-0.05, 0) is 48.1 Å². The lowest BCUT2D eigenvalue weighted by atomic mass is 10.1. The number of hydrogen-bond donors (Lipinski definition) is 2. The number of rotatable bonds is 5. The quantitative estimate of drug-likeness (QED) is 0.890. The topological polar surface area (TPSA) is 49.3 Å². The van der Waals surface area contributed by atoms with Crippen molar-refractivity contribution in [3.63, 3.8) is 0 Å². The first-order chi connectivity index (χ1) is 10.7. The third kappa shape index (κ3) is 3.55. The molecule has 0 saturated carbocycles. The highest BCUT2D eigenvalue weighted by molar-refractivity contribution is 5.94. The number of benzene rings is 2. The number of hydrogen-bond acceptors (Lipinski definition) is 2. The maximum absolute atomic E-state index is 12.2. The van der Waals surface area contributed by atoms with Crippen molar-refractivity contribution in [2.24, 2.45) is 0 Å². The zero-order chi connectivity index (χ0) is 15.4. The molecule has 0 aliphatic heterocycles. The van der Waals surface area contributed by atoms with Crippen LogP contribution in [0, 0.1) is 0 Å². The molecule has 2 aromatic carbocycles. The second kappa shape index (κ2) is 6.75. The summed E-state index contributed by atoms with van der Waals surface area (Å²) in [4.78, 5) is 12.2. The van der Waals surface area contributed by atoms with E-state index in [1.165, 1.54) is 17.5 Å². The van der Waals surface area contributed by atoms with E-state index >= 15 is 0 Å². The van der Waals surface area contributed by atoms with Crippen LogP contribution in [0.3, 0.4) is 0 Å². The Kier molecular flexibility index (Phi) is 4.54. The molecule has 22 heavy (non-hydrogen) atoms. The summed E-state index contributed by atoms with van der Waals surface area (Å²) in [6.45, 7) is 0.269. The Balaban J connectivity index is 1.53. The van der Waals surface area contributed by atoms with Gasteiger partial charge in [-0.2, -0.15) is 0 Å². The highest BCUT2D eigenvalue weighted by Gasteiger charge is 2.14. The molecule has 2 N–H and O–H groups in total. The molecule has 3 heteroatoms. The summed E-state index contributed by atoms with van der Waals surface area (Å²) in [7, 11) is 0. The number of fused-ring (bicyclic) bond motifs is 1. The first-order valence-electron chi connectivity index (χ1n) is 7.84. The molecule has 0 radical (unpaired) electrons. The van der Waals surface area contributed by atoms with Crippen molar-refractivity contribution in [1.29, 1.82) is 0 Å². The Bertz CT molecular complexity index is 652. The monoisotopic (exact) mass is 295 g/mol. The normalized spacial score (nSPS) is 14.4. The Morgan fingerprint density at radius 2 is 1.86 bits per heavy atom. The Morgan fingerprint density at radius 1 is 1.09 bits per heavy atom. The molecule has 0 heterocycles. The molecule has 0 fully saturated rings. The van der Waals surface area contributed by atoms with Crippen LogP contribution in [-0.4, -0.2) is 23.7 Å². The van der Waals surface area contributed by atoms with Crippen molar-refractivity contribution in [1.82, 2.24) is 5.32 Å². The van der Waals surface area contributed by atoms with E-state index in [0.717, 1.165) is 18.4 Å². The Labute approximate surface area is 131 Å². The molecule has 3 nitrogen and oxygen atoms in total. The zero-order valence-electron chi connectivity index (χ0n) is 12.6. The van der Waals surface area contributed by atoms with E-state index in [1.54, 1.807) is 0 Å². The summed E-state index contributed by atoms with van der Waals surface area (Å²) < 4.78 is 0. The van der Waals surface area contributed by atoms with Gasteiger partial charge in [0.1, 0.15) is 0 Å². The van der Waals surface area contributed by atoms with Gasteiger partial charge in [-0.25, -0.2) is 0 Å². The largest absolute Gasteiger partial charge is 0.391 e. The first-order valence-corrected chi connectivity index (χ1v) is 7.84. The molecule has 0 bridgehead atoms. The molecule has 1 atom stereocenters. The van der Waals surface area contributed by atoms with Gasteiger partial charge in [0.2, 0.25) is 0 Å². The molecule has 2 aromatic rings. The van der Waals surface area contributed by atoms with Crippen LogP contribution >= 0.6 is 0 Å². The van der Waals surface area contributed by atoms with Gasteiger partial charge in [0.25, 0.3) is 5.91 Å². The molecule has 1 unspecified atom stereocenters. The third-order valence-electron chi connectivity index (χ3n) is 4.17. The summed E-state index contributed by atoms with van der Waals surface area (Å²) in [5.74, 6) is -0.109. The lowest BCUT2D eigenvalue weighted by Crippen LogP contribution is -2.33. The molecule has 0 saturated heterocycles. The third-order valence-corrected chi connectivity index (χ3v) is 4.17. The maximum Gasteiger partial charge on any atom is 0.251 e. The highest BCUT2D eigenvalue weighted by Crippen LogP contribution is 2.22. The standard InChI is InChI=1S/C19H21NO2/c21-18(11-14-5-2-1-3-6-14)13-20-19(22)17-10-9-15-7-4-8-16(15)12-17/h1-3,5-6,9-10,12,18,21H,4,7-8,11,13H2,(H,20,22). The molecular weight excluding hydrogens is 274 g/mol. The van der Waals surface area contributed by atoms with Crippen LogP contribution in [0.2, 0.25) is 0 Å². The average Bonchev–Trinajstić information content (AvgIpc) is 3.01. The minimum atomic E-state index is -0.569. The Hall–Kier alpha value is -2.13. The predicted molar refractivity (Wildman–Crippen MR) is 87.0 cm³/mol. The zero-order valence-corrected chi connectivity index (χ0v) is 12.6. The van der Waals surface area contributed by atoms with E-state index in [1.807, 2.05) is 42.5 Å². The number of aryl methyl sites for hydroxylation is 2. The van der Waals surface area contributed by atoms with Gasteiger partial charge in [-0.3, -0.25) is 4.79 Å². The minimum Gasteiger partial charge on any atom is -0.391 e. The summed E-state index contributed by atoms with van der Waals surface area (Å²) in [5.41, 5.74) is 4.41. The van der Waals surface area contributed by atoms with Gasteiger partial charge in [-0.15, -0.1) is 0 Å². The van der Waals surface area contributed by atoms with Crippen molar-refractivity contribution in [2.75, 3.05) is 6.54 Å².